The SMILES string of the molecule is CN1c2cc(C(=O)NCc3ccccc3)ccc2C(=O)N2CCCC[C@H]21. The zero-order valence-electron chi connectivity index (χ0n) is 14.9. The average Bonchev–Trinajstić information content (AvgIpc) is 2.70. The van der Waals surface area contributed by atoms with Gasteiger partial charge in [0.2, 0.25) is 0 Å². The van der Waals surface area contributed by atoms with Crippen LogP contribution in [-0.2, 0) is 6.54 Å². The van der Waals surface area contributed by atoms with E-state index in [1.807, 2.05) is 48.3 Å². The molecule has 0 bridgehead atoms. The number of carbonyl (C=O) groups excluding carboxylic acids is 2. The van der Waals surface area contributed by atoms with Crippen LogP contribution in [0.2, 0.25) is 0 Å². The Morgan fingerprint density at radius 3 is 2.77 bits per heavy atom. The topological polar surface area (TPSA) is 52.7 Å². The van der Waals surface area contributed by atoms with Gasteiger partial charge in [0.15, 0.2) is 0 Å². The summed E-state index contributed by atoms with van der Waals surface area (Å²) in [6, 6.07) is 15.2. The van der Waals surface area contributed by atoms with Crippen molar-refractivity contribution in [3.05, 3.63) is 65.2 Å². The standard InChI is InChI=1S/C21H23N3O2/c1-23-18-13-16(20(25)22-14-15-7-3-2-4-8-15)10-11-17(18)21(26)24-12-6-5-9-19(23)24/h2-4,7-8,10-11,13,19H,5-6,9,12,14H2,1H3,(H,22,25)/t19-/m0/s1. The van der Waals surface area contributed by atoms with Crippen LogP contribution in [0.5, 0.6) is 0 Å². The van der Waals surface area contributed by atoms with Crippen molar-refractivity contribution in [2.24, 2.45) is 0 Å². The molecule has 2 aliphatic heterocycles. The Balaban J connectivity index is 1.56. The Morgan fingerprint density at radius 2 is 1.96 bits per heavy atom. The highest BCUT2D eigenvalue weighted by molar-refractivity contribution is 6.04. The van der Waals surface area contributed by atoms with E-state index in [4.69, 9.17) is 0 Å². The van der Waals surface area contributed by atoms with Crippen molar-refractivity contribution in [3.8, 4) is 0 Å². The first-order valence-electron chi connectivity index (χ1n) is 9.15. The first-order valence-corrected chi connectivity index (χ1v) is 9.15. The van der Waals surface area contributed by atoms with Gasteiger partial charge in [-0.25, -0.2) is 0 Å². The summed E-state index contributed by atoms with van der Waals surface area (Å²) >= 11 is 0. The summed E-state index contributed by atoms with van der Waals surface area (Å²) in [6.45, 7) is 1.30. The van der Waals surface area contributed by atoms with Crippen LogP contribution in [0.1, 0.15) is 45.5 Å². The molecule has 0 aliphatic carbocycles. The molecule has 2 amide bonds. The van der Waals surface area contributed by atoms with Gasteiger partial charge < -0.3 is 15.1 Å². The number of nitrogens with zero attached hydrogens (tertiary/aromatic N) is 2. The maximum absolute atomic E-state index is 12.8. The normalized spacial score (nSPS) is 19.0. The van der Waals surface area contributed by atoms with Crippen LogP contribution in [-0.4, -0.2) is 36.5 Å². The molecule has 26 heavy (non-hydrogen) atoms. The first-order chi connectivity index (χ1) is 12.6. The van der Waals surface area contributed by atoms with E-state index < -0.39 is 0 Å². The molecule has 134 valence electrons. The third-order valence-electron chi connectivity index (χ3n) is 5.35. The summed E-state index contributed by atoms with van der Waals surface area (Å²) < 4.78 is 0. The van der Waals surface area contributed by atoms with Crippen molar-refractivity contribution in [1.29, 1.82) is 0 Å². The second kappa shape index (κ2) is 6.83. The minimum atomic E-state index is -0.122. The molecule has 2 aliphatic rings. The molecular weight excluding hydrogens is 326 g/mol. The summed E-state index contributed by atoms with van der Waals surface area (Å²) in [5, 5.41) is 2.95. The van der Waals surface area contributed by atoms with Crippen molar-refractivity contribution in [3.63, 3.8) is 0 Å². The first kappa shape index (κ1) is 16.6. The van der Waals surface area contributed by atoms with Gasteiger partial charge in [-0.3, -0.25) is 9.59 Å². The van der Waals surface area contributed by atoms with Gasteiger partial charge in [-0.1, -0.05) is 30.3 Å². The molecule has 1 N–H and O–H groups in total. The van der Waals surface area contributed by atoms with Crippen molar-refractivity contribution in [1.82, 2.24) is 10.2 Å². The number of carbonyl (C=O) groups is 2. The van der Waals surface area contributed by atoms with Crippen molar-refractivity contribution in [2.75, 3.05) is 18.5 Å². The molecule has 5 heteroatoms. The maximum Gasteiger partial charge on any atom is 0.257 e. The number of amides is 2. The molecule has 5 nitrogen and oxygen atoms in total. The van der Waals surface area contributed by atoms with E-state index in [0.717, 1.165) is 37.1 Å². The summed E-state index contributed by atoms with van der Waals surface area (Å²) in [4.78, 5) is 29.4. The molecule has 2 aromatic rings. The second-order valence-electron chi connectivity index (χ2n) is 6.99. The number of anilines is 1. The molecule has 4 rings (SSSR count). The van der Waals surface area contributed by atoms with Crippen molar-refractivity contribution in [2.45, 2.75) is 32.0 Å². The Labute approximate surface area is 153 Å². The second-order valence-corrected chi connectivity index (χ2v) is 6.99. The molecule has 1 fully saturated rings. The van der Waals surface area contributed by atoms with Crippen molar-refractivity contribution < 1.29 is 9.59 Å². The molecule has 1 saturated heterocycles. The average molecular weight is 349 g/mol. The van der Waals surface area contributed by atoms with Gasteiger partial charge in [0.05, 0.1) is 11.3 Å². The smallest absolute Gasteiger partial charge is 0.257 e. The molecule has 1 atom stereocenters. The molecule has 0 aromatic heterocycles. The van der Waals surface area contributed by atoms with Gasteiger partial charge in [0, 0.05) is 25.7 Å². The molecule has 2 heterocycles. The lowest BCUT2D eigenvalue weighted by molar-refractivity contribution is 0.0589. The van der Waals surface area contributed by atoms with Crippen LogP contribution < -0.4 is 10.2 Å². The summed E-state index contributed by atoms with van der Waals surface area (Å²) in [7, 11) is 2.01. The highest BCUT2D eigenvalue weighted by Gasteiger charge is 2.37. The van der Waals surface area contributed by atoms with Gasteiger partial charge in [-0.05, 0) is 43.0 Å². The third-order valence-corrected chi connectivity index (χ3v) is 5.35. The molecule has 0 saturated carbocycles. The number of hydrogen-bond acceptors (Lipinski definition) is 3. The van der Waals surface area contributed by atoms with Crippen molar-refractivity contribution >= 4 is 17.5 Å². The highest BCUT2D eigenvalue weighted by Crippen LogP contribution is 2.34. The van der Waals surface area contributed by atoms with Crippen LogP contribution >= 0.6 is 0 Å². The maximum atomic E-state index is 12.8. The predicted octanol–water partition coefficient (Wildman–Crippen LogP) is 3.02. The molecule has 0 unspecified atom stereocenters. The molecular formula is C21H23N3O2. The van der Waals surface area contributed by atoms with Crippen LogP contribution in [0.3, 0.4) is 0 Å². The third kappa shape index (κ3) is 2.94. The largest absolute Gasteiger partial charge is 0.354 e. The monoisotopic (exact) mass is 349 g/mol. The fourth-order valence-electron chi connectivity index (χ4n) is 3.89. The van der Waals surface area contributed by atoms with Crippen LogP contribution in [0.15, 0.2) is 48.5 Å². The van der Waals surface area contributed by atoms with Gasteiger partial charge >= 0.3 is 0 Å². The quantitative estimate of drug-likeness (QED) is 0.927. The Morgan fingerprint density at radius 1 is 1.15 bits per heavy atom. The van der Waals surface area contributed by atoms with Gasteiger partial charge in [-0.2, -0.15) is 0 Å². The van der Waals surface area contributed by atoms with Gasteiger partial charge in [-0.15, -0.1) is 0 Å². The lowest BCUT2D eigenvalue weighted by Crippen LogP contribution is -2.55. The van der Waals surface area contributed by atoms with E-state index in [1.165, 1.54) is 0 Å². The Hall–Kier alpha value is -2.82. The molecule has 0 spiro atoms. The lowest BCUT2D eigenvalue weighted by Gasteiger charge is -2.46. The molecule has 2 aromatic carbocycles. The summed E-state index contributed by atoms with van der Waals surface area (Å²) in [5.74, 6) is -0.0392. The van der Waals surface area contributed by atoms with E-state index in [0.29, 0.717) is 17.7 Å². The van der Waals surface area contributed by atoms with E-state index in [1.54, 1.807) is 12.1 Å². The lowest BCUT2D eigenvalue weighted by atomic mass is 9.97. The Bertz CT molecular complexity index is 834. The fraction of sp³-hybridized carbons (Fsp3) is 0.333. The summed E-state index contributed by atoms with van der Waals surface area (Å²) in [5.41, 5.74) is 3.18. The van der Waals surface area contributed by atoms with E-state index >= 15 is 0 Å². The number of benzene rings is 2. The van der Waals surface area contributed by atoms with Crippen LogP contribution in [0.25, 0.3) is 0 Å². The number of fused-ring (bicyclic) bond motifs is 2. The van der Waals surface area contributed by atoms with E-state index in [2.05, 4.69) is 10.2 Å². The zero-order chi connectivity index (χ0) is 18.1. The van der Waals surface area contributed by atoms with Gasteiger partial charge in [0.25, 0.3) is 11.8 Å². The van der Waals surface area contributed by atoms with E-state index in [-0.39, 0.29) is 18.0 Å². The fourth-order valence-corrected chi connectivity index (χ4v) is 3.89. The van der Waals surface area contributed by atoms with Crippen LogP contribution in [0, 0.1) is 0 Å². The predicted molar refractivity (Wildman–Crippen MR) is 101 cm³/mol. The number of rotatable bonds is 3. The minimum Gasteiger partial charge on any atom is -0.354 e. The number of piperidine rings is 1. The Kier molecular flexibility index (Phi) is 4.37. The highest BCUT2D eigenvalue weighted by atomic mass is 16.2. The minimum absolute atomic E-state index is 0.0824. The summed E-state index contributed by atoms with van der Waals surface area (Å²) in [6.07, 6.45) is 3.27. The number of hydrogen-bond donors (Lipinski definition) is 1. The molecule has 0 radical (unpaired) electrons. The van der Waals surface area contributed by atoms with E-state index in [9.17, 15) is 9.59 Å². The van der Waals surface area contributed by atoms with Crippen LogP contribution in [0.4, 0.5) is 5.69 Å². The zero-order valence-corrected chi connectivity index (χ0v) is 14.9. The van der Waals surface area contributed by atoms with Gasteiger partial charge in [0.1, 0.15) is 6.17 Å². The number of nitrogens with one attached hydrogen (secondary N) is 1.